The molecule has 2 saturated heterocycles. The van der Waals surface area contributed by atoms with E-state index in [4.69, 9.17) is 0 Å². The predicted octanol–water partition coefficient (Wildman–Crippen LogP) is -0.991. The molecule has 0 aliphatic carbocycles. The van der Waals surface area contributed by atoms with Crippen LogP contribution in [0.4, 0.5) is 4.79 Å². The number of urea groups is 1. The highest BCUT2D eigenvalue weighted by molar-refractivity contribution is 5.74. The second kappa shape index (κ2) is 4.61. The van der Waals surface area contributed by atoms with Crippen molar-refractivity contribution >= 4 is 6.03 Å². The van der Waals surface area contributed by atoms with Gasteiger partial charge in [0.15, 0.2) is 0 Å². The van der Waals surface area contributed by atoms with E-state index in [9.17, 15) is 4.79 Å². The van der Waals surface area contributed by atoms with Gasteiger partial charge in [-0.2, -0.15) is 0 Å². The molecule has 2 atom stereocenters. The Morgan fingerprint density at radius 3 is 1.86 bits per heavy atom. The summed E-state index contributed by atoms with van der Waals surface area (Å²) >= 11 is 0. The zero-order valence-corrected chi connectivity index (χ0v) is 8.31. The van der Waals surface area contributed by atoms with Crippen molar-refractivity contribution in [2.24, 2.45) is 0 Å². The molecule has 0 radical (unpaired) electrons. The summed E-state index contributed by atoms with van der Waals surface area (Å²) in [6.45, 7) is 3.82. The first-order valence-electron chi connectivity index (χ1n) is 5.33. The molecule has 14 heavy (non-hydrogen) atoms. The molecule has 2 amide bonds. The van der Waals surface area contributed by atoms with Crippen LogP contribution in [0, 0.1) is 0 Å². The average Bonchev–Trinajstić information content (AvgIpc) is 2.76. The molecular weight excluding hydrogens is 180 g/mol. The predicted molar refractivity (Wildman–Crippen MR) is 54.2 cm³/mol. The van der Waals surface area contributed by atoms with Crippen molar-refractivity contribution in [3.8, 4) is 0 Å². The summed E-state index contributed by atoms with van der Waals surface area (Å²) in [5.41, 5.74) is 0. The fourth-order valence-corrected chi connectivity index (χ4v) is 1.97. The van der Waals surface area contributed by atoms with Gasteiger partial charge in [0.05, 0.1) is 0 Å². The number of rotatable bonds is 2. The van der Waals surface area contributed by atoms with Crippen LogP contribution >= 0.6 is 0 Å². The van der Waals surface area contributed by atoms with Crippen molar-refractivity contribution in [2.45, 2.75) is 24.9 Å². The molecule has 5 heteroatoms. The minimum absolute atomic E-state index is 0.0209. The van der Waals surface area contributed by atoms with Gasteiger partial charge in [-0.3, -0.25) is 0 Å². The first-order valence-corrected chi connectivity index (χ1v) is 5.33. The maximum absolute atomic E-state index is 11.5. The van der Waals surface area contributed by atoms with Gasteiger partial charge in [-0.1, -0.05) is 0 Å². The van der Waals surface area contributed by atoms with E-state index in [0.29, 0.717) is 12.1 Å². The molecule has 2 heterocycles. The van der Waals surface area contributed by atoms with Crippen LogP contribution < -0.4 is 21.3 Å². The zero-order valence-electron chi connectivity index (χ0n) is 8.31. The van der Waals surface area contributed by atoms with E-state index < -0.39 is 0 Å². The van der Waals surface area contributed by atoms with Crippen LogP contribution in [0.3, 0.4) is 0 Å². The van der Waals surface area contributed by atoms with Crippen LogP contribution in [-0.2, 0) is 0 Å². The summed E-state index contributed by atoms with van der Waals surface area (Å²) in [6.07, 6.45) is 2.08. The van der Waals surface area contributed by atoms with Crippen molar-refractivity contribution in [3.63, 3.8) is 0 Å². The first kappa shape index (κ1) is 9.73. The first-order chi connectivity index (χ1) is 6.84. The average molecular weight is 198 g/mol. The Morgan fingerprint density at radius 1 is 1.00 bits per heavy atom. The molecule has 0 spiro atoms. The van der Waals surface area contributed by atoms with Crippen LogP contribution in [0.2, 0.25) is 0 Å². The molecule has 2 aliphatic heterocycles. The standard InChI is InChI=1S/C9H18N4O/c14-9(12-7-1-3-10-5-7)13-8-2-4-11-6-8/h7-8,10-11H,1-6H2,(H2,12,13,14)/t7-,8-/m1/s1. The van der Waals surface area contributed by atoms with Crippen molar-refractivity contribution in [1.29, 1.82) is 0 Å². The van der Waals surface area contributed by atoms with Gasteiger partial charge in [0.2, 0.25) is 0 Å². The number of carbonyl (C=O) groups excluding carboxylic acids is 1. The third-order valence-corrected chi connectivity index (χ3v) is 2.79. The summed E-state index contributed by atoms with van der Waals surface area (Å²) in [7, 11) is 0. The van der Waals surface area contributed by atoms with Crippen LogP contribution in [0.25, 0.3) is 0 Å². The summed E-state index contributed by atoms with van der Waals surface area (Å²) in [6, 6.07) is 0.598. The Balaban J connectivity index is 1.66. The van der Waals surface area contributed by atoms with E-state index in [0.717, 1.165) is 39.0 Å². The van der Waals surface area contributed by atoms with Gasteiger partial charge in [0, 0.05) is 25.2 Å². The van der Waals surface area contributed by atoms with E-state index in [-0.39, 0.29) is 6.03 Å². The second-order valence-corrected chi connectivity index (χ2v) is 4.00. The maximum Gasteiger partial charge on any atom is 0.315 e. The fourth-order valence-electron chi connectivity index (χ4n) is 1.97. The Labute approximate surface area is 84.0 Å². The molecule has 4 N–H and O–H groups in total. The molecule has 2 rings (SSSR count). The summed E-state index contributed by atoms with van der Waals surface area (Å²) in [5.74, 6) is 0. The largest absolute Gasteiger partial charge is 0.334 e. The molecule has 0 aromatic rings. The molecule has 0 unspecified atom stereocenters. The van der Waals surface area contributed by atoms with Crippen LogP contribution in [0.1, 0.15) is 12.8 Å². The zero-order chi connectivity index (χ0) is 9.80. The molecule has 2 fully saturated rings. The Kier molecular flexibility index (Phi) is 3.21. The molecule has 0 aromatic heterocycles. The van der Waals surface area contributed by atoms with Gasteiger partial charge < -0.3 is 21.3 Å². The molecule has 0 saturated carbocycles. The smallest absolute Gasteiger partial charge is 0.315 e. The number of nitrogens with one attached hydrogen (secondary N) is 4. The van der Waals surface area contributed by atoms with Crippen LogP contribution in [-0.4, -0.2) is 44.3 Å². The van der Waals surface area contributed by atoms with Crippen molar-refractivity contribution in [3.05, 3.63) is 0 Å². The lowest BCUT2D eigenvalue weighted by Gasteiger charge is -2.15. The van der Waals surface area contributed by atoms with Gasteiger partial charge in [-0.15, -0.1) is 0 Å². The Bertz CT molecular complexity index is 177. The lowest BCUT2D eigenvalue weighted by molar-refractivity contribution is 0.234. The van der Waals surface area contributed by atoms with Gasteiger partial charge in [-0.25, -0.2) is 4.79 Å². The third-order valence-electron chi connectivity index (χ3n) is 2.79. The highest BCUT2D eigenvalue weighted by atomic mass is 16.2. The van der Waals surface area contributed by atoms with Crippen molar-refractivity contribution in [1.82, 2.24) is 21.3 Å². The minimum atomic E-state index is -0.0209. The minimum Gasteiger partial charge on any atom is -0.334 e. The normalized spacial score (nSPS) is 31.7. The van der Waals surface area contributed by atoms with Crippen LogP contribution in [0.15, 0.2) is 0 Å². The van der Waals surface area contributed by atoms with E-state index in [1.165, 1.54) is 0 Å². The number of hydrogen-bond donors (Lipinski definition) is 4. The summed E-state index contributed by atoms with van der Waals surface area (Å²) in [5, 5.41) is 12.4. The number of carbonyl (C=O) groups is 1. The lowest BCUT2D eigenvalue weighted by Crippen LogP contribution is -2.47. The molecule has 0 aromatic carbocycles. The molecule has 0 bridgehead atoms. The fraction of sp³-hybridized carbons (Fsp3) is 0.889. The van der Waals surface area contributed by atoms with E-state index in [1.807, 2.05) is 0 Å². The number of amides is 2. The van der Waals surface area contributed by atoms with E-state index in [2.05, 4.69) is 21.3 Å². The molecular formula is C9H18N4O. The third kappa shape index (κ3) is 2.59. The van der Waals surface area contributed by atoms with Crippen LogP contribution in [0.5, 0.6) is 0 Å². The van der Waals surface area contributed by atoms with Gasteiger partial charge in [-0.05, 0) is 25.9 Å². The summed E-state index contributed by atoms with van der Waals surface area (Å²) in [4.78, 5) is 11.5. The number of hydrogen-bond acceptors (Lipinski definition) is 3. The van der Waals surface area contributed by atoms with Gasteiger partial charge >= 0.3 is 6.03 Å². The SMILES string of the molecule is O=C(N[C@@H]1CCNC1)N[C@@H]1CCNC1. The second-order valence-electron chi connectivity index (χ2n) is 4.00. The highest BCUT2D eigenvalue weighted by Crippen LogP contribution is 1.99. The molecule has 80 valence electrons. The van der Waals surface area contributed by atoms with Crippen molar-refractivity contribution in [2.75, 3.05) is 26.2 Å². The molecule has 5 nitrogen and oxygen atoms in total. The Morgan fingerprint density at radius 2 is 1.50 bits per heavy atom. The highest BCUT2D eigenvalue weighted by Gasteiger charge is 2.20. The Hall–Kier alpha value is -0.810. The van der Waals surface area contributed by atoms with Crippen molar-refractivity contribution < 1.29 is 4.79 Å². The van der Waals surface area contributed by atoms with Gasteiger partial charge in [0.1, 0.15) is 0 Å². The summed E-state index contributed by atoms with van der Waals surface area (Å²) < 4.78 is 0. The monoisotopic (exact) mass is 198 g/mol. The van der Waals surface area contributed by atoms with E-state index in [1.54, 1.807) is 0 Å². The maximum atomic E-state index is 11.5. The van der Waals surface area contributed by atoms with E-state index >= 15 is 0 Å². The van der Waals surface area contributed by atoms with Gasteiger partial charge in [0.25, 0.3) is 0 Å². The lowest BCUT2D eigenvalue weighted by atomic mass is 10.2. The quantitative estimate of drug-likeness (QED) is 0.460. The topological polar surface area (TPSA) is 65.2 Å². The molecule has 2 aliphatic rings.